The molecule has 0 aliphatic heterocycles. The second-order valence-corrected chi connectivity index (χ2v) is 5.31. The highest BCUT2D eigenvalue weighted by Crippen LogP contribution is 2.12. The van der Waals surface area contributed by atoms with E-state index in [0.29, 0.717) is 17.6 Å². The molecular weight excluding hydrogens is 256 g/mol. The van der Waals surface area contributed by atoms with Crippen LogP contribution in [0.2, 0.25) is 0 Å². The van der Waals surface area contributed by atoms with Crippen LogP contribution in [0.15, 0.2) is 24.3 Å². The first kappa shape index (κ1) is 15.9. The zero-order valence-corrected chi connectivity index (χ0v) is 12.9. The van der Waals surface area contributed by atoms with E-state index in [4.69, 9.17) is 22.7 Å². The van der Waals surface area contributed by atoms with E-state index in [9.17, 15) is 0 Å². The van der Waals surface area contributed by atoms with E-state index in [1.165, 1.54) is 6.42 Å². The summed E-state index contributed by atoms with van der Waals surface area (Å²) in [4.78, 5) is 2.84. The Morgan fingerprint density at radius 2 is 1.89 bits per heavy atom. The summed E-state index contributed by atoms with van der Waals surface area (Å²) in [6.07, 6.45) is 1.17. The molecule has 0 radical (unpaired) electrons. The Labute approximate surface area is 121 Å². The Hall–Kier alpha value is -1.13. The minimum absolute atomic E-state index is 0.417. The lowest BCUT2D eigenvalue weighted by Crippen LogP contribution is -2.35. The lowest BCUT2D eigenvalue weighted by atomic mass is 10.2. The van der Waals surface area contributed by atoms with Crippen molar-refractivity contribution in [2.24, 2.45) is 5.73 Å². The minimum Gasteiger partial charge on any atom is -0.492 e. The van der Waals surface area contributed by atoms with Crippen molar-refractivity contribution in [2.45, 2.75) is 33.2 Å². The third-order valence-corrected chi connectivity index (χ3v) is 3.26. The van der Waals surface area contributed by atoms with Crippen LogP contribution in [-0.2, 0) is 0 Å². The van der Waals surface area contributed by atoms with Gasteiger partial charge in [-0.25, -0.2) is 0 Å². The first-order valence-corrected chi connectivity index (χ1v) is 7.22. The molecule has 0 bridgehead atoms. The van der Waals surface area contributed by atoms with Crippen molar-refractivity contribution in [3.05, 3.63) is 29.8 Å². The second-order valence-electron chi connectivity index (χ2n) is 4.87. The van der Waals surface area contributed by atoms with Crippen LogP contribution < -0.4 is 10.5 Å². The van der Waals surface area contributed by atoms with Gasteiger partial charge in [0.2, 0.25) is 0 Å². The first-order valence-electron chi connectivity index (χ1n) is 6.81. The monoisotopic (exact) mass is 280 g/mol. The fourth-order valence-electron chi connectivity index (χ4n) is 1.91. The van der Waals surface area contributed by atoms with Crippen LogP contribution in [-0.4, -0.2) is 35.6 Å². The topological polar surface area (TPSA) is 38.5 Å². The van der Waals surface area contributed by atoms with Crippen LogP contribution in [0.3, 0.4) is 0 Å². The summed E-state index contributed by atoms with van der Waals surface area (Å²) >= 11 is 4.91. The summed E-state index contributed by atoms with van der Waals surface area (Å²) in [6.45, 7) is 9.39. The average Bonchev–Trinajstić information content (AvgIpc) is 2.38. The molecule has 106 valence electrons. The number of hydrogen-bond donors (Lipinski definition) is 1. The van der Waals surface area contributed by atoms with Crippen molar-refractivity contribution < 1.29 is 4.74 Å². The van der Waals surface area contributed by atoms with Gasteiger partial charge in [-0.05, 0) is 51.1 Å². The summed E-state index contributed by atoms with van der Waals surface area (Å²) in [5.74, 6) is 0.861. The van der Waals surface area contributed by atoms with Crippen molar-refractivity contribution in [2.75, 3.05) is 19.7 Å². The SMILES string of the molecule is CCCN(CCOc1ccc(C(N)=S)cc1)C(C)C. The summed E-state index contributed by atoms with van der Waals surface area (Å²) in [7, 11) is 0. The Morgan fingerprint density at radius 3 is 2.37 bits per heavy atom. The minimum atomic E-state index is 0.417. The fourth-order valence-corrected chi connectivity index (χ4v) is 2.05. The number of nitrogens with zero attached hydrogens (tertiary/aromatic N) is 1. The molecule has 0 heterocycles. The molecule has 0 atom stereocenters. The largest absolute Gasteiger partial charge is 0.492 e. The molecule has 0 unspecified atom stereocenters. The van der Waals surface area contributed by atoms with Crippen LogP contribution in [0.1, 0.15) is 32.8 Å². The van der Waals surface area contributed by atoms with E-state index >= 15 is 0 Å². The standard InChI is InChI=1S/C15H24N2OS/c1-4-9-17(12(2)3)10-11-18-14-7-5-13(6-8-14)15(16)19/h5-8,12H,4,9-11H2,1-3H3,(H2,16,19). The lowest BCUT2D eigenvalue weighted by Gasteiger charge is -2.25. The zero-order valence-electron chi connectivity index (χ0n) is 12.1. The Bertz CT molecular complexity index is 390. The van der Waals surface area contributed by atoms with Gasteiger partial charge in [0.25, 0.3) is 0 Å². The molecule has 1 aromatic rings. The average molecular weight is 280 g/mol. The van der Waals surface area contributed by atoms with Crippen molar-refractivity contribution in [3.63, 3.8) is 0 Å². The van der Waals surface area contributed by atoms with E-state index < -0.39 is 0 Å². The fraction of sp³-hybridized carbons (Fsp3) is 0.533. The third-order valence-electron chi connectivity index (χ3n) is 3.03. The first-order chi connectivity index (χ1) is 9.04. The second kappa shape index (κ2) is 8.12. The van der Waals surface area contributed by atoms with Gasteiger partial charge in [0, 0.05) is 18.2 Å². The number of thiocarbonyl (C=S) groups is 1. The maximum atomic E-state index is 5.74. The molecule has 19 heavy (non-hydrogen) atoms. The lowest BCUT2D eigenvalue weighted by molar-refractivity contribution is 0.176. The molecule has 1 rings (SSSR count). The van der Waals surface area contributed by atoms with E-state index in [1.54, 1.807) is 0 Å². The molecule has 3 nitrogen and oxygen atoms in total. The summed E-state index contributed by atoms with van der Waals surface area (Å²) in [5, 5.41) is 0. The Balaban J connectivity index is 2.41. The van der Waals surface area contributed by atoms with Crippen molar-refractivity contribution in [3.8, 4) is 5.75 Å². The number of benzene rings is 1. The van der Waals surface area contributed by atoms with Gasteiger partial charge in [-0.15, -0.1) is 0 Å². The predicted octanol–water partition coefficient (Wildman–Crippen LogP) is 2.82. The number of nitrogens with two attached hydrogens (primary N) is 1. The molecule has 0 fully saturated rings. The molecule has 0 aromatic heterocycles. The van der Waals surface area contributed by atoms with Crippen molar-refractivity contribution in [1.29, 1.82) is 0 Å². The van der Waals surface area contributed by atoms with Gasteiger partial charge in [-0.1, -0.05) is 19.1 Å². The molecule has 0 spiro atoms. The molecule has 0 saturated carbocycles. The van der Waals surface area contributed by atoms with E-state index in [-0.39, 0.29) is 0 Å². The van der Waals surface area contributed by atoms with Crippen LogP contribution >= 0.6 is 12.2 Å². The summed E-state index contributed by atoms with van der Waals surface area (Å²) in [5.41, 5.74) is 6.43. The highest BCUT2D eigenvalue weighted by molar-refractivity contribution is 7.80. The van der Waals surface area contributed by atoms with Gasteiger partial charge in [0.15, 0.2) is 0 Å². The van der Waals surface area contributed by atoms with Crippen LogP contribution in [0, 0.1) is 0 Å². The molecule has 1 aromatic carbocycles. The molecule has 0 aliphatic carbocycles. The molecule has 2 N–H and O–H groups in total. The van der Waals surface area contributed by atoms with Crippen LogP contribution in [0.4, 0.5) is 0 Å². The normalized spacial score (nSPS) is 11.0. The molecule has 0 saturated heterocycles. The number of ether oxygens (including phenoxy) is 1. The third kappa shape index (κ3) is 5.57. The highest BCUT2D eigenvalue weighted by atomic mass is 32.1. The quantitative estimate of drug-likeness (QED) is 0.743. The van der Waals surface area contributed by atoms with Gasteiger partial charge >= 0.3 is 0 Å². The van der Waals surface area contributed by atoms with Crippen LogP contribution in [0.25, 0.3) is 0 Å². The van der Waals surface area contributed by atoms with Gasteiger partial charge in [0.05, 0.1) is 0 Å². The smallest absolute Gasteiger partial charge is 0.119 e. The van der Waals surface area contributed by atoms with E-state index in [2.05, 4.69) is 25.7 Å². The molecule has 4 heteroatoms. The van der Waals surface area contributed by atoms with E-state index in [0.717, 1.165) is 24.4 Å². The summed E-state index contributed by atoms with van der Waals surface area (Å²) in [6, 6.07) is 8.16. The highest BCUT2D eigenvalue weighted by Gasteiger charge is 2.07. The number of rotatable bonds is 8. The van der Waals surface area contributed by atoms with Gasteiger partial charge < -0.3 is 10.5 Å². The van der Waals surface area contributed by atoms with E-state index in [1.807, 2.05) is 24.3 Å². The zero-order chi connectivity index (χ0) is 14.3. The Kier molecular flexibility index (Phi) is 6.81. The molecule has 0 aliphatic rings. The number of hydrogen-bond acceptors (Lipinski definition) is 3. The molecular formula is C15H24N2OS. The Morgan fingerprint density at radius 1 is 1.26 bits per heavy atom. The maximum absolute atomic E-state index is 5.74. The predicted molar refractivity (Wildman–Crippen MR) is 84.8 cm³/mol. The van der Waals surface area contributed by atoms with Gasteiger partial charge in [-0.3, -0.25) is 4.90 Å². The van der Waals surface area contributed by atoms with Gasteiger partial charge in [0.1, 0.15) is 17.3 Å². The molecule has 0 amide bonds. The maximum Gasteiger partial charge on any atom is 0.119 e. The summed E-state index contributed by atoms with van der Waals surface area (Å²) < 4.78 is 5.74. The van der Waals surface area contributed by atoms with Crippen LogP contribution in [0.5, 0.6) is 5.75 Å². The van der Waals surface area contributed by atoms with Crippen molar-refractivity contribution in [1.82, 2.24) is 4.90 Å². The van der Waals surface area contributed by atoms with Crippen molar-refractivity contribution >= 4 is 17.2 Å². The van der Waals surface area contributed by atoms with Gasteiger partial charge in [-0.2, -0.15) is 0 Å².